The molecule has 0 radical (unpaired) electrons. The Balaban J connectivity index is 1.71. The molecule has 2 heterocycles. The number of nitrogens with zero attached hydrogens (tertiary/aromatic N) is 3. The Labute approximate surface area is 148 Å². The lowest BCUT2D eigenvalue weighted by atomic mass is 10.1. The maximum atomic E-state index is 12.7. The summed E-state index contributed by atoms with van der Waals surface area (Å²) in [6, 6.07) is 7.51. The molecule has 6 nitrogen and oxygen atoms in total. The monoisotopic (exact) mass is 342 g/mol. The molecular weight excluding hydrogens is 316 g/mol. The van der Waals surface area contributed by atoms with Crippen molar-refractivity contribution >= 4 is 5.91 Å². The van der Waals surface area contributed by atoms with Gasteiger partial charge in [0.05, 0.1) is 12.2 Å². The normalized spacial score (nSPS) is 20.9. The Kier molecular flexibility index (Phi) is 5.18. The van der Waals surface area contributed by atoms with Crippen LogP contribution in [0.15, 0.2) is 24.3 Å². The van der Waals surface area contributed by atoms with Crippen molar-refractivity contribution in [2.45, 2.75) is 46.3 Å². The molecule has 134 valence electrons. The predicted molar refractivity (Wildman–Crippen MR) is 96.3 cm³/mol. The third-order valence-corrected chi connectivity index (χ3v) is 4.23. The summed E-state index contributed by atoms with van der Waals surface area (Å²) in [5, 5.41) is 7.26. The summed E-state index contributed by atoms with van der Waals surface area (Å²) in [5.74, 6) is 2.13. The number of hydrogen-bond acceptors (Lipinski definition) is 4. The fourth-order valence-electron chi connectivity index (χ4n) is 3.19. The van der Waals surface area contributed by atoms with Crippen LogP contribution in [0.4, 0.5) is 0 Å². The van der Waals surface area contributed by atoms with Crippen LogP contribution in [0, 0.1) is 5.92 Å². The quantitative estimate of drug-likeness (QED) is 0.927. The van der Waals surface area contributed by atoms with E-state index in [0.29, 0.717) is 30.4 Å². The molecule has 0 saturated carbocycles. The number of hydrogen-bond donors (Lipinski definition) is 1. The fraction of sp³-hybridized carbons (Fsp3) is 0.526. The van der Waals surface area contributed by atoms with Gasteiger partial charge in [0.25, 0.3) is 5.91 Å². The van der Waals surface area contributed by atoms with Crippen LogP contribution in [0.5, 0.6) is 0 Å². The molecule has 1 amide bonds. The van der Waals surface area contributed by atoms with Crippen LogP contribution in [0.25, 0.3) is 11.4 Å². The van der Waals surface area contributed by atoms with Gasteiger partial charge in [0.2, 0.25) is 0 Å². The smallest absolute Gasteiger partial charge is 0.254 e. The summed E-state index contributed by atoms with van der Waals surface area (Å²) >= 11 is 0. The minimum Gasteiger partial charge on any atom is -0.372 e. The van der Waals surface area contributed by atoms with Crippen LogP contribution in [-0.2, 0) is 11.2 Å². The standard InChI is InChI=1S/C19H26N4O2/c1-12(2)9-17-20-18(22-21-17)15-5-7-16(8-6-15)19(24)23-10-13(3)25-14(4)11-23/h5-8,12-14H,9-11H2,1-4H3,(H,20,21,22)/t13-,14+. The van der Waals surface area contributed by atoms with E-state index in [-0.39, 0.29) is 18.1 Å². The van der Waals surface area contributed by atoms with Gasteiger partial charge in [-0.25, -0.2) is 4.98 Å². The summed E-state index contributed by atoms with van der Waals surface area (Å²) in [4.78, 5) is 19.1. The van der Waals surface area contributed by atoms with Crippen molar-refractivity contribution in [2.24, 2.45) is 5.92 Å². The van der Waals surface area contributed by atoms with Gasteiger partial charge in [-0.1, -0.05) is 26.0 Å². The van der Waals surface area contributed by atoms with Gasteiger partial charge >= 0.3 is 0 Å². The summed E-state index contributed by atoms with van der Waals surface area (Å²) in [6.07, 6.45) is 1.01. The van der Waals surface area contributed by atoms with Gasteiger partial charge in [-0.15, -0.1) is 0 Å². The third-order valence-electron chi connectivity index (χ3n) is 4.23. The number of rotatable bonds is 4. The second-order valence-corrected chi connectivity index (χ2v) is 7.25. The minimum absolute atomic E-state index is 0.0454. The molecule has 2 atom stereocenters. The number of aromatic amines is 1. The summed E-state index contributed by atoms with van der Waals surface area (Å²) < 4.78 is 5.70. The highest BCUT2D eigenvalue weighted by Crippen LogP contribution is 2.19. The Hall–Kier alpha value is -2.21. The highest BCUT2D eigenvalue weighted by atomic mass is 16.5. The Morgan fingerprint density at radius 2 is 1.88 bits per heavy atom. The fourth-order valence-corrected chi connectivity index (χ4v) is 3.19. The predicted octanol–water partition coefficient (Wildman–Crippen LogP) is 2.92. The first-order valence-corrected chi connectivity index (χ1v) is 8.89. The zero-order valence-corrected chi connectivity index (χ0v) is 15.3. The second kappa shape index (κ2) is 7.35. The molecule has 1 saturated heterocycles. The van der Waals surface area contributed by atoms with Crippen molar-refractivity contribution in [1.82, 2.24) is 20.1 Å². The molecule has 1 N–H and O–H groups in total. The molecule has 3 rings (SSSR count). The molecule has 0 unspecified atom stereocenters. The molecule has 1 aromatic heterocycles. The Morgan fingerprint density at radius 1 is 1.24 bits per heavy atom. The van der Waals surface area contributed by atoms with E-state index in [9.17, 15) is 4.79 Å². The molecule has 1 fully saturated rings. The van der Waals surface area contributed by atoms with Gasteiger partial charge in [0.1, 0.15) is 5.82 Å². The zero-order chi connectivity index (χ0) is 18.0. The van der Waals surface area contributed by atoms with E-state index in [2.05, 4.69) is 29.0 Å². The van der Waals surface area contributed by atoms with Crippen molar-refractivity contribution in [2.75, 3.05) is 13.1 Å². The lowest BCUT2D eigenvalue weighted by molar-refractivity contribution is -0.0586. The number of carbonyl (C=O) groups is 1. The van der Waals surface area contributed by atoms with Crippen LogP contribution in [0.3, 0.4) is 0 Å². The van der Waals surface area contributed by atoms with Gasteiger partial charge in [0.15, 0.2) is 5.82 Å². The SMILES string of the molecule is CC(C)Cc1nc(-c2ccc(C(=O)N3C[C@@H](C)O[C@@H](C)C3)cc2)n[nH]1. The summed E-state index contributed by atoms with van der Waals surface area (Å²) in [7, 11) is 0. The molecule has 2 aromatic rings. The van der Waals surface area contributed by atoms with Crippen LogP contribution in [0.1, 0.15) is 43.9 Å². The molecule has 1 aliphatic heterocycles. The van der Waals surface area contributed by atoms with Crippen molar-refractivity contribution in [3.63, 3.8) is 0 Å². The molecule has 0 aliphatic carbocycles. The topological polar surface area (TPSA) is 71.1 Å². The zero-order valence-electron chi connectivity index (χ0n) is 15.3. The lowest BCUT2D eigenvalue weighted by Gasteiger charge is -2.35. The number of H-pyrrole nitrogens is 1. The number of benzene rings is 1. The largest absolute Gasteiger partial charge is 0.372 e. The molecule has 1 aliphatic rings. The Bertz CT molecular complexity index is 713. The number of amides is 1. The number of ether oxygens (including phenoxy) is 1. The Morgan fingerprint density at radius 3 is 2.48 bits per heavy atom. The average Bonchev–Trinajstić information content (AvgIpc) is 3.01. The van der Waals surface area contributed by atoms with E-state index >= 15 is 0 Å². The highest BCUT2D eigenvalue weighted by Gasteiger charge is 2.26. The van der Waals surface area contributed by atoms with Crippen LogP contribution in [0.2, 0.25) is 0 Å². The van der Waals surface area contributed by atoms with E-state index < -0.39 is 0 Å². The third kappa shape index (κ3) is 4.25. The number of nitrogens with one attached hydrogen (secondary N) is 1. The van der Waals surface area contributed by atoms with Crippen molar-refractivity contribution in [1.29, 1.82) is 0 Å². The molecule has 25 heavy (non-hydrogen) atoms. The van der Waals surface area contributed by atoms with E-state index in [1.165, 1.54) is 0 Å². The van der Waals surface area contributed by atoms with Crippen molar-refractivity contribution < 1.29 is 9.53 Å². The van der Waals surface area contributed by atoms with Gasteiger partial charge in [-0.3, -0.25) is 9.89 Å². The average molecular weight is 342 g/mol. The lowest BCUT2D eigenvalue weighted by Crippen LogP contribution is -2.48. The van der Waals surface area contributed by atoms with Crippen LogP contribution < -0.4 is 0 Å². The maximum Gasteiger partial charge on any atom is 0.254 e. The van der Waals surface area contributed by atoms with Gasteiger partial charge in [-0.2, -0.15) is 5.10 Å². The first kappa shape index (κ1) is 17.6. The van der Waals surface area contributed by atoms with Crippen molar-refractivity contribution in [3.05, 3.63) is 35.7 Å². The van der Waals surface area contributed by atoms with E-state index in [4.69, 9.17) is 4.74 Å². The minimum atomic E-state index is 0.0454. The number of morpholine rings is 1. The molecule has 6 heteroatoms. The van der Waals surface area contributed by atoms with Crippen LogP contribution in [-0.4, -0.2) is 51.3 Å². The van der Waals surface area contributed by atoms with Gasteiger partial charge < -0.3 is 9.64 Å². The molecule has 0 bridgehead atoms. The van der Waals surface area contributed by atoms with Crippen molar-refractivity contribution in [3.8, 4) is 11.4 Å². The van der Waals surface area contributed by atoms with Gasteiger partial charge in [-0.05, 0) is 31.9 Å². The van der Waals surface area contributed by atoms with Gasteiger partial charge in [0, 0.05) is 30.6 Å². The molecular formula is C19H26N4O2. The first-order chi connectivity index (χ1) is 11.9. The van der Waals surface area contributed by atoms with E-state index in [1.54, 1.807) is 0 Å². The highest BCUT2D eigenvalue weighted by molar-refractivity contribution is 5.94. The van der Waals surface area contributed by atoms with Crippen LogP contribution >= 0.6 is 0 Å². The molecule has 0 spiro atoms. The second-order valence-electron chi connectivity index (χ2n) is 7.25. The number of carbonyl (C=O) groups excluding carboxylic acids is 1. The maximum absolute atomic E-state index is 12.7. The van der Waals surface area contributed by atoms with E-state index in [1.807, 2.05) is 43.0 Å². The number of aromatic nitrogens is 3. The molecule has 1 aromatic carbocycles. The first-order valence-electron chi connectivity index (χ1n) is 8.89. The summed E-state index contributed by atoms with van der Waals surface area (Å²) in [5.41, 5.74) is 1.59. The van der Waals surface area contributed by atoms with E-state index in [0.717, 1.165) is 17.8 Å². The summed E-state index contributed by atoms with van der Waals surface area (Å²) in [6.45, 7) is 9.55.